The molecule has 1 aliphatic rings. The maximum absolute atomic E-state index is 11.2. The van der Waals surface area contributed by atoms with Gasteiger partial charge in [-0.05, 0) is 56.1 Å². The number of hydrogen-bond acceptors (Lipinski definition) is 5. The average molecular weight is 322 g/mol. The minimum Gasteiger partial charge on any atom is -0.494 e. The first-order chi connectivity index (χ1) is 10.0. The Morgan fingerprint density at radius 1 is 1.33 bits per heavy atom. The second kappa shape index (κ2) is 7.59. The Bertz CT molecular complexity index is 553. The van der Waals surface area contributed by atoms with E-state index >= 15 is 0 Å². The van der Waals surface area contributed by atoms with Crippen LogP contribution >= 0.6 is 24.0 Å². The van der Waals surface area contributed by atoms with Gasteiger partial charge in [-0.1, -0.05) is 24.4 Å². The molecule has 1 aromatic rings. The fourth-order valence-corrected chi connectivity index (χ4v) is 2.84. The minimum absolute atomic E-state index is 0.118. The van der Waals surface area contributed by atoms with Crippen molar-refractivity contribution < 1.29 is 9.53 Å². The summed E-state index contributed by atoms with van der Waals surface area (Å²) in [6.07, 6.45) is 2.90. The monoisotopic (exact) mass is 322 g/mol. The van der Waals surface area contributed by atoms with E-state index in [0.717, 1.165) is 40.9 Å². The first-order valence-corrected chi connectivity index (χ1v) is 7.89. The van der Waals surface area contributed by atoms with Crippen molar-refractivity contribution in [3.63, 3.8) is 0 Å². The normalized spacial score (nSPS) is 16.6. The van der Waals surface area contributed by atoms with Crippen molar-refractivity contribution in [1.29, 1.82) is 0 Å². The molecule has 0 saturated carbocycles. The molecular formula is C15H18N2O2S2. The molecule has 1 N–H and O–H groups in total. The highest BCUT2D eigenvalue weighted by Crippen LogP contribution is 2.27. The number of amides is 1. The van der Waals surface area contributed by atoms with E-state index in [1.165, 1.54) is 0 Å². The van der Waals surface area contributed by atoms with Gasteiger partial charge in [0, 0.05) is 6.54 Å². The number of ether oxygens (including phenoxy) is 1. The maximum atomic E-state index is 11.2. The van der Waals surface area contributed by atoms with E-state index in [1.807, 2.05) is 44.4 Å². The number of carbonyl (C=O) groups is 1. The number of nitrogens with zero attached hydrogens (tertiary/aromatic N) is 1. The molecule has 6 heteroatoms. The summed E-state index contributed by atoms with van der Waals surface area (Å²) in [5.74, 6) is 0.853. The van der Waals surface area contributed by atoms with Gasteiger partial charge in [-0.25, -0.2) is 0 Å². The largest absolute Gasteiger partial charge is 0.494 e. The molecule has 1 aliphatic heterocycles. The summed E-state index contributed by atoms with van der Waals surface area (Å²) in [7, 11) is 4.10. The Labute approximate surface area is 134 Å². The van der Waals surface area contributed by atoms with Gasteiger partial charge in [0.1, 0.15) is 10.7 Å². The molecular weight excluding hydrogens is 304 g/mol. The Kier molecular flexibility index (Phi) is 5.78. The zero-order valence-electron chi connectivity index (χ0n) is 12.1. The summed E-state index contributed by atoms with van der Waals surface area (Å²) in [4.78, 5) is 14.6. The number of thiocarbonyl (C=S) groups is 1. The molecule has 21 heavy (non-hydrogen) atoms. The first-order valence-electron chi connectivity index (χ1n) is 6.67. The molecule has 1 aromatic carbocycles. The van der Waals surface area contributed by atoms with E-state index in [9.17, 15) is 4.79 Å². The molecule has 0 radical (unpaired) electrons. The molecule has 0 atom stereocenters. The standard InChI is InChI=1S/C15H18N2O2S2/c1-17(2)8-3-9-19-12-6-4-11(5-7-12)10-13-14(20)16-15(18)21-13/h4-7,10H,3,8-9H2,1-2H3,(H,16,18,20). The molecule has 0 aliphatic carbocycles. The van der Waals surface area contributed by atoms with Gasteiger partial charge in [0.15, 0.2) is 0 Å². The van der Waals surface area contributed by atoms with Crippen LogP contribution in [0.1, 0.15) is 12.0 Å². The van der Waals surface area contributed by atoms with E-state index in [0.29, 0.717) is 11.6 Å². The highest BCUT2D eigenvalue weighted by molar-refractivity contribution is 8.19. The van der Waals surface area contributed by atoms with Crippen molar-refractivity contribution in [2.75, 3.05) is 27.2 Å². The molecule has 1 amide bonds. The van der Waals surface area contributed by atoms with Crippen LogP contribution in [-0.2, 0) is 0 Å². The summed E-state index contributed by atoms with van der Waals surface area (Å²) in [5.41, 5.74) is 0.997. The predicted octanol–water partition coefficient (Wildman–Crippen LogP) is 3.14. The number of rotatable bonds is 6. The lowest BCUT2D eigenvalue weighted by molar-refractivity contribution is 0.265. The van der Waals surface area contributed by atoms with Gasteiger partial charge in [0.05, 0.1) is 11.5 Å². The fourth-order valence-electron chi connectivity index (χ4n) is 1.80. The molecule has 4 nitrogen and oxygen atoms in total. The SMILES string of the molecule is CN(C)CCCOc1ccc(C=C2SC(=O)NC2=S)cc1. The molecule has 0 bridgehead atoms. The Hall–Kier alpha value is -1.37. The number of thioether (sulfide) groups is 1. The highest BCUT2D eigenvalue weighted by Gasteiger charge is 2.21. The van der Waals surface area contributed by atoms with Gasteiger partial charge in [0.25, 0.3) is 5.24 Å². The van der Waals surface area contributed by atoms with Gasteiger partial charge < -0.3 is 15.0 Å². The molecule has 0 unspecified atom stereocenters. The Morgan fingerprint density at radius 3 is 2.62 bits per heavy atom. The summed E-state index contributed by atoms with van der Waals surface area (Å²) in [6.45, 7) is 1.72. The third-order valence-electron chi connectivity index (χ3n) is 2.84. The van der Waals surface area contributed by atoms with Crippen LogP contribution < -0.4 is 10.1 Å². The second-order valence-corrected chi connectivity index (χ2v) is 6.35. The third-order valence-corrected chi connectivity index (χ3v) is 4.12. The quantitative estimate of drug-likeness (QED) is 0.495. The van der Waals surface area contributed by atoms with E-state index < -0.39 is 0 Å². The molecule has 1 fully saturated rings. The van der Waals surface area contributed by atoms with Crippen LogP contribution in [0.3, 0.4) is 0 Å². The topological polar surface area (TPSA) is 41.6 Å². The van der Waals surface area contributed by atoms with E-state index in [-0.39, 0.29) is 5.24 Å². The fraction of sp³-hybridized carbons (Fsp3) is 0.333. The lowest BCUT2D eigenvalue weighted by Crippen LogP contribution is -2.15. The first kappa shape index (κ1) is 16.0. The lowest BCUT2D eigenvalue weighted by atomic mass is 10.2. The van der Waals surface area contributed by atoms with Crippen molar-refractivity contribution in [3.8, 4) is 5.75 Å². The average Bonchev–Trinajstić information content (AvgIpc) is 2.74. The summed E-state index contributed by atoms with van der Waals surface area (Å²) in [6, 6.07) is 7.78. The van der Waals surface area contributed by atoms with Crippen LogP contribution in [0.25, 0.3) is 6.08 Å². The van der Waals surface area contributed by atoms with Crippen molar-refractivity contribution in [2.24, 2.45) is 0 Å². The van der Waals surface area contributed by atoms with Crippen molar-refractivity contribution in [2.45, 2.75) is 6.42 Å². The van der Waals surface area contributed by atoms with Crippen molar-refractivity contribution in [1.82, 2.24) is 10.2 Å². The van der Waals surface area contributed by atoms with Gasteiger partial charge in [-0.15, -0.1) is 0 Å². The number of hydrogen-bond donors (Lipinski definition) is 1. The number of nitrogens with one attached hydrogen (secondary N) is 1. The van der Waals surface area contributed by atoms with Crippen LogP contribution in [0, 0.1) is 0 Å². The Morgan fingerprint density at radius 2 is 2.05 bits per heavy atom. The van der Waals surface area contributed by atoms with Crippen LogP contribution in [0.15, 0.2) is 29.2 Å². The van der Waals surface area contributed by atoms with Crippen molar-refractivity contribution >= 4 is 40.3 Å². The zero-order chi connectivity index (χ0) is 15.2. The molecule has 2 rings (SSSR count). The molecule has 112 valence electrons. The van der Waals surface area contributed by atoms with Gasteiger partial charge in [-0.2, -0.15) is 0 Å². The van der Waals surface area contributed by atoms with Crippen LogP contribution in [0.2, 0.25) is 0 Å². The Balaban J connectivity index is 1.89. The number of benzene rings is 1. The predicted molar refractivity (Wildman–Crippen MR) is 91.8 cm³/mol. The van der Waals surface area contributed by atoms with Gasteiger partial charge in [-0.3, -0.25) is 4.79 Å². The summed E-state index contributed by atoms with van der Waals surface area (Å²) >= 11 is 6.21. The van der Waals surface area contributed by atoms with E-state index in [4.69, 9.17) is 17.0 Å². The van der Waals surface area contributed by atoms with Crippen LogP contribution in [0.4, 0.5) is 4.79 Å². The molecule has 0 aromatic heterocycles. The van der Waals surface area contributed by atoms with Crippen molar-refractivity contribution in [3.05, 3.63) is 34.7 Å². The third kappa shape index (κ3) is 5.15. The van der Waals surface area contributed by atoms with Gasteiger partial charge in [0.2, 0.25) is 0 Å². The van der Waals surface area contributed by atoms with E-state index in [2.05, 4.69) is 10.2 Å². The summed E-state index contributed by atoms with van der Waals surface area (Å²) < 4.78 is 5.67. The molecule has 1 saturated heterocycles. The highest BCUT2D eigenvalue weighted by atomic mass is 32.2. The minimum atomic E-state index is -0.118. The van der Waals surface area contributed by atoms with Gasteiger partial charge >= 0.3 is 0 Å². The van der Waals surface area contributed by atoms with Crippen LogP contribution in [-0.4, -0.2) is 42.4 Å². The molecule has 0 spiro atoms. The maximum Gasteiger partial charge on any atom is 0.289 e. The van der Waals surface area contributed by atoms with Crippen LogP contribution in [0.5, 0.6) is 5.75 Å². The molecule has 1 heterocycles. The zero-order valence-corrected chi connectivity index (χ0v) is 13.7. The smallest absolute Gasteiger partial charge is 0.289 e. The lowest BCUT2D eigenvalue weighted by Gasteiger charge is -2.10. The number of carbonyl (C=O) groups excluding carboxylic acids is 1. The summed E-state index contributed by atoms with van der Waals surface area (Å²) in [5, 5.41) is 2.48. The van der Waals surface area contributed by atoms with E-state index in [1.54, 1.807) is 0 Å². The second-order valence-electron chi connectivity index (χ2n) is 4.93.